The van der Waals surface area contributed by atoms with Gasteiger partial charge in [0.1, 0.15) is 22.4 Å². The molecule has 3 aromatic carbocycles. The van der Waals surface area contributed by atoms with Crippen molar-refractivity contribution in [3.63, 3.8) is 0 Å². The third-order valence-corrected chi connectivity index (χ3v) is 4.42. The molecule has 5 nitrogen and oxygen atoms in total. The van der Waals surface area contributed by atoms with Gasteiger partial charge in [0.15, 0.2) is 0 Å². The lowest BCUT2D eigenvalue weighted by molar-refractivity contribution is -0.384. The number of anilines is 1. The van der Waals surface area contributed by atoms with E-state index in [1.165, 1.54) is 12.1 Å². The van der Waals surface area contributed by atoms with E-state index >= 15 is 0 Å². The zero-order valence-corrected chi connectivity index (χ0v) is 15.7. The Kier molecular flexibility index (Phi) is 6.01. The van der Waals surface area contributed by atoms with Crippen LogP contribution in [0.2, 0.25) is 5.02 Å². The molecule has 0 aliphatic rings. The molecule has 0 aliphatic heterocycles. The molecule has 0 bridgehead atoms. The number of nitrogens with one attached hydrogen (secondary N) is 1. The van der Waals surface area contributed by atoms with Crippen LogP contribution in [0.4, 0.5) is 11.4 Å². The number of hydrogen-bond donors (Lipinski definition) is 1. The van der Waals surface area contributed by atoms with E-state index in [4.69, 9.17) is 28.6 Å². The maximum atomic E-state index is 11.0. The standard InChI is InChI=1S/C20H15ClN2O3S/c21-18-11-6-15(12-19(18)23(24)25)20(27)22-16-7-9-17(10-8-16)26-13-14-4-2-1-3-5-14/h1-12H,13H2,(H,22,27). The smallest absolute Gasteiger partial charge is 0.288 e. The molecule has 3 rings (SSSR count). The van der Waals surface area contributed by atoms with E-state index < -0.39 is 4.92 Å². The molecule has 0 aliphatic carbocycles. The summed E-state index contributed by atoms with van der Waals surface area (Å²) in [6, 6.07) is 21.7. The van der Waals surface area contributed by atoms with Gasteiger partial charge in [0.2, 0.25) is 0 Å². The lowest BCUT2D eigenvalue weighted by Crippen LogP contribution is -2.10. The maximum Gasteiger partial charge on any atom is 0.288 e. The summed E-state index contributed by atoms with van der Waals surface area (Å²) in [4.78, 5) is 10.8. The molecule has 0 fully saturated rings. The maximum absolute atomic E-state index is 11.0. The van der Waals surface area contributed by atoms with Gasteiger partial charge >= 0.3 is 0 Å². The van der Waals surface area contributed by atoms with E-state index in [9.17, 15) is 10.1 Å². The minimum atomic E-state index is -0.534. The Morgan fingerprint density at radius 2 is 1.78 bits per heavy atom. The van der Waals surface area contributed by atoms with Crippen LogP contribution in [0.1, 0.15) is 11.1 Å². The lowest BCUT2D eigenvalue weighted by atomic mass is 10.2. The predicted molar refractivity (Wildman–Crippen MR) is 111 cm³/mol. The molecule has 0 atom stereocenters. The second-order valence-corrected chi connectivity index (χ2v) is 6.49. The first-order valence-electron chi connectivity index (χ1n) is 8.05. The van der Waals surface area contributed by atoms with Gasteiger partial charge in [-0.15, -0.1) is 0 Å². The van der Waals surface area contributed by atoms with Crippen molar-refractivity contribution < 1.29 is 9.66 Å². The van der Waals surface area contributed by atoms with Gasteiger partial charge in [-0.3, -0.25) is 10.1 Å². The molecule has 0 amide bonds. The molecular weight excluding hydrogens is 384 g/mol. The molecule has 1 N–H and O–H groups in total. The second kappa shape index (κ2) is 8.62. The molecule has 0 aromatic heterocycles. The second-order valence-electron chi connectivity index (χ2n) is 5.68. The largest absolute Gasteiger partial charge is 0.489 e. The summed E-state index contributed by atoms with van der Waals surface area (Å²) in [6.45, 7) is 0.487. The highest BCUT2D eigenvalue weighted by Gasteiger charge is 2.14. The van der Waals surface area contributed by atoms with E-state index in [0.717, 1.165) is 17.0 Å². The van der Waals surface area contributed by atoms with Gasteiger partial charge in [-0.2, -0.15) is 0 Å². The molecule has 0 heterocycles. The number of nitro benzene ring substituents is 1. The zero-order valence-electron chi connectivity index (χ0n) is 14.1. The molecule has 136 valence electrons. The Labute approximate surface area is 166 Å². The van der Waals surface area contributed by atoms with Crippen molar-refractivity contribution in [1.82, 2.24) is 0 Å². The number of nitrogens with zero attached hydrogens (tertiary/aromatic N) is 1. The van der Waals surface area contributed by atoms with Crippen molar-refractivity contribution in [1.29, 1.82) is 0 Å². The summed E-state index contributed by atoms with van der Waals surface area (Å²) in [5, 5.41) is 14.1. The van der Waals surface area contributed by atoms with Crippen LogP contribution in [0.3, 0.4) is 0 Å². The molecule has 7 heteroatoms. The van der Waals surface area contributed by atoms with Crippen LogP contribution in [-0.2, 0) is 6.61 Å². The molecule has 0 unspecified atom stereocenters. The minimum Gasteiger partial charge on any atom is -0.489 e. The predicted octanol–water partition coefficient (Wildman–Crippen LogP) is 5.61. The normalized spacial score (nSPS) is 10.3. The van der Waals surface area contributed by atoms with Crippen molar-refractivity contribution in [2.75, 3.05) is 5.32 Å². The van der Waals surface area contributed by atoms with Gasteiger partial charge in [-0.1, -0.05) is 60.2 Å². The Morgan fingerprint density at radius 3 is 2.44 bits per heavy atom. The molecule has 3 aromatic rings. The lowest BCUT2D eigenvalue weighted by Gasteiger charge is -2.10. The summed E-state index contributed by atoms with van der Waals surface area (Å²) in [7, 11) is 0. The molecule has 0 saturated heterocycles. The number of nitro groups is 1. The van der Waals surface area contributed by atoms with Crippen LogP contribution >= 0.6 is 23.8 Å². The SMILES string of the molecule is O=[N+]([O-])c1cc(C(=S)Nc2ccc(OCc3ccccc3)cc2)ccc1Cl. The Morgan fingerprint density at radius 1 is 1.07 bits per heavy atom. The first kappa shape index (κ1) is 18.8. The quantitative estimate of drug-likeness (QED) is 0.332. The average molecular weight is 399 g/mol. The summed E-state index contributed by atoms with van der Waals surface area (Å²) in [6.07, 6.45) is 0. The minimum absolute atomic E-state index is 0.0754. The monoisotopic (exact) mass is 398 g/mol. The fourth-order valence-corrected chi connectivity index (χ4v) is 2.80. The van der Waals surface area contributed by atoms with Gasteiger partial charge in [-0.05, 0) is 35.9 Å². The van der Waals surface area contributed by atoms with E-state index in [1.54, 1.807) is 6.07 Å². The van der Waals surface area contributed by atoms with Gasteiger partial charge in [-0.25, -0.2) is 0 Å². The van der Waals surface area contributed by atoms with Gasteiger partial charge in [0.25, 0.3) is 5.69 Å². The highest BCUT2D eigenvalue weighted by Crippen LogP contribution is 2.26. The highest BCUT2D eigenvalue weighted by atomic mass is 35.5. The average Bonchev–Trinajstić information content (AvgIpc) is 2.68. The van der Waals surface area contributed by atoms with Crippen LogP contribution in [0.15, 0.2) is 72.8 Å². The van der Waals surface area contributed by atoms with Crippen LogP contribution in [0, 0.1) is 10.1 Å². The van der Waals surface area contributed by atoms with Gasteiger partial charge in [0, 0.05) is 17.3 Å². The topological polar surface area (TPSA) is 64.4 Å². The fourth-order valence-electron chi connectivity index (χ4n) is 2.37. The number of ether oxygens (including phenoxy) is 1. The summed E-state index contributed by atoms with van der Waals surface area (Å²) < 4.78 is 5.74. The van der Waals surface area contributed by atoms with Crippen LogP contribution < -0.4 is 10.1 Å². The summed E-state index contributed by atoms with van der Waals surface area (Å²) in [5.41, 5.74) is 2.18. The number of thiocarbonyl (C=S) groups is 1. The van der Waals surface area contributed by atoms with Crippen molar-refractivity contribution in [2.24, 2.45) is 0 Å². The number of halogens is 1. The first-order chi connectivity index (χ1) is 13.0. The number of benzene rings is 3. The van der Waals surface area contributed by atoms with Crippen molar-refractivity contribution in [3.05, 3.63) is 99.1 Å². The van der Waals surface area contributed by atoms with Crippen LogP contribution in [0.25, 0.3) is 0 Å². The third kappa shape index (κ3) is 5.03. The molecule has 0 saturated carbocycles. The van der Waals surface area contributed by atoms with Gasteiger partial charge < -0.3 is 10.1 Å². The van der Waals surface area contributed by atoms with E-state index in [0.29, 0.717) is 17.2 Å². The third-order valence-electron chi connectivity index (χ3n) is 3.77. The van der Waals surface area contributed by atoms with Gasteiger partial charge in [0.05, 0.1) is 4.92 Å². The summed E-state index contributed by atoms with van der Waals surface area (Å²) in [5.74, 6) is 0.734. The van der Waals surface area contributed by atoms with Crippen molar-refractivity contribution >= 4 is 40.2 Å². The van der Waals surface area contributed by atoms with Crippen molar-refractivity contribution in [2.45, 2.75) is 6.61 Å². The van der Waals surface area contributed by atoms with Crippen LogP contribution in [0.5, 0.6) is 5.75 Å². The summed E-state index contributed by atoms with van der Waals surface area (Å²) >= 11 is 11.2. The molecule has 0 spiro atoms. The number of rotatable bonds is 6. The number of hydrogen-bond acceptors (Lipinski definition) is 4. The fraction of sp³-hybridized carbons (Fsp3) is 0.0500. The molecule has 27 heavy (non-hydrogen) atoms. The van der Waals surface area contributed by atoms with E-state index in [-0.39, 0.29) is 10.7 Å². The Bertz CT molecular complexity index is 963. The molecular formula is C20H15ClN2O3S. The molecule has 0 radical (unpaired) electrons. The zero-order chi connectivity index (χ0) is 19.2. The highest BCUT2D eigenvalue weighted by molar-refractivity contribution is 7.81. The Hall–Kier alpha value is -2.96. The van der Waals surface area contributed by atoms with E-state index in [2.05, 4.69) is 5.32 Å². The first-order valence-corrected chi connectivity index (χ1v) is 8.83. The van der Waals surface area contributed by atoms with Crippen molar-refractivity contribution in [3.8, 4) is 5.75 Å². The van der Waals surface area contributed by atoms with E-state index in [1.807, 2.05) is 54.6 Å². The van der Waals surface area contributed by atoms with Crippen LogP contribution in [-0.4, -0.2) is 9.91 Å². The Balaban J connectivity index is 1.63.